The molecular formula is C14H16FN5O3S. The smallest absolute Gasteiger partial charge is 0.273 e. The molecule has 0 unspecified atom stereocenters. The predicted octanol–water partition coefficient (Wildman–Crippen LogP) is 2.40. The molecule has 0 spiro atoms. The number of hydrazone groups is 1. The molecule has 24 heavy (non-hydrogen) atoms. The van der Waals surface area contributed by atoms with Crippen LogP contribution in [-0.2, 0) is 11.3 Å². The maximum Gasteiger partial charge on any atom is 0.312 e. The first kappa shape index (κ1) is 17.7. The second kappa shape index (κ2) is 7.30. The van der Waals surface area contributed by atoms with E-state index >= 15 is 0 Å². The molecule has 0 aromatic carbocycles. The van der Waals surface area contributed by atoms with Gasteiger partial charge in [0.25, 0.3) is 0 Å². The Labute approximate surface area is 141 Å². The van der Waals surface area contributed by atoms with Crippen molar-refractivity contribution in [3.8, 4) is 0 Å². The second-order valence-corrected chi connectivity index (χ2v) is 6.30. The van der Waals surface area contributed by atoms with Crippen molar-refractivity contribution in [2.75, 3.05) is 0 Å². The van der Waals surface area contributed by atoms with Gasteiger partial charge in [-0.15, -0.1) is 11.3 Å². The summed E-state index contributed by atoms with van der Waals surface area (Å²) in [5.74, 6) is -0.863. The highest BCUT2D eigenvalue weighted by atomic mass is 32.1. The number of thiophene rings is 1. The minimum absolute atomic E-state index is 0.0413. The van der Waals surface area contributed by atoms with E-state index < -0.39 is 10.8 Å². The van der Waals surface area contributed by atoms with Gasteiger partial charge >= 0.3 is 5.69 Å². The Morgan fingerprint density at radius 1 is 1.58 bits per heavy atom. The molecule has 0 aliphatic heterocycles. The van der Waals surface area contributed by atoms with Gasteiger partial charge in [0.2, 0.25) is 5.91 Å². The molecule has 0 bridgehead atoms. The van der Waals surface area contributed by atoms with Gasteiger partial charge in [-0.3, -0.25) is 19.6 Å². The maximum atomic E-state index is 12.8. The molecule has 0 saturated heterocycles. The zero-order chi connectivity index (χ0) is 17.9. The van der Waals surface area contributed by atoms with Gasteiger partial charge in [0.15, 0.2) is 5.13 Å². The molecule has 2 aromatic heterocycles. The lowest BCUT2D eigenvalue weighted by atomic mass is 10.1. The summed E-state index contributed by atoms with van der Waals surface area (Å²) in [5.41, 5.74) is 3.03. The highest BCUT2D eigenvalue weighted by Crippen LogP contribution is 2.22. The Kier molecular flexibility index (Phi) is 5.39. The Morgan fingerprint density at radius 2 is 2.29 bits per heavy atom. The largest absolute Gasteiger partial charge is 0.312 e. The molecule has 2 heterocycles. The number of amides is 1. The summed E-state index contributed by atoms with van der Waals surface area (Å²) in [4.78, 5) is 23.1. The van der Waals surface area contributed by atoms with Gasteiger partial charge in [-0.05, 0) is 26.0 Å². The van der Waals surface area contributed by atoms with E-state index in [0.29, 0.717) is 16.3 Å². The van der Waals surface area contributed by atoms with Crippen molar-refractivity contribution in [3.63, 3.8) is 0 Å². The average molecular weight is 353 g/mol. The Balaban J connectivity index is 1.98. The van der Waals surface area contributed by atoms with E-state index in [1.807, 2.05) is 0 Å². The SMILES string of the molecule is Cc1nn(C[C@@H](C)C(=O)N/N=C\c2ccc(F)s2)c(C)c1[N+](=O)[O-]. The van der Waals surface area contributed by atoms with E-state index in [-0.39, 0.29) is 23.3 Å². The van der Waals surface area contributed by atoms with Gasteiger partial charge in [0.05, 0.1) is 28.5 Å². The van der Waals surface area contributed by atoms with Crippen LogP contribution in [-0.4, -0.2) is 26.8 Å². The van der Waals surface area contributed by atoms with Crippen LogP contribution in [0.2, 0.25) is 0 Å². The molecule has 10 heteroatoms. The lowest BCUT2D eigenvalue weighted by Gasteiger charge is -2.10. The topological polar surface area (TPSA) is 102 Å². The molecule has 1 N–H and O–H groups in total. The normalized spacial score (nSPS) is 12.5. The van der Waals surface area contributed by atoms with Gasteiger partial charge < -0.3 is 0 Å². The fourth-order valence-electron chi connectivity index (χ4n) is 2.14. The number of aryl methyl sites for hydroxylation is 1. The summed E-state index contributed by atoms with van der Waals surface area (Å²) < 4.78 is 14.3. The van der Waals surface area contributed by atoms with E-state index in [2.05, 4.69) is 15.6 Å². The number of nitrogens with zero attached hydrogens (tertiary/aromatic N) is 4. The van der Waals surface area contributed by atoms with E-state index in [1.54, 1.807) is 26.8 Å². The van der Waals surface area contributed by atoms with Crippen LogP contribution in [0.3, 0.4) is 0 Å². The predicted molar refractivity (Wildman–Crippen MR) is 87.5 cm³/mol. The first-order valence-electron chi connectivity index (χ1n) is 7.06. The van der Waals surface area contributed by atoms with Crippen molar-refractivity contribution < 1.29 is 14.1 Å². The van der Waals surface area contributed by atoms with E-state index in [4.69, 9.17) is 0 Å². The summed E-state index contributed by atoms with van der Waals surface area (Å²) in [6.07, 6.45) is 1.35. The third-order valence-corrected chi connectivity index (χ3v) is 4.19. The molecule has 0 saturated carbocycles. The zero-order valence-corrected chi connectivity index (χ0v) is 14.1. The van der Waals surface area contributed by atoms with Crippen LogP contribution in [0.4, 0.5) is 10.1 Å². The number of carbonyl (C=O) groups excluding carboxylic acids is 1. The molecule has 0 radical (unpaired) electrons. The number of hydrogen-bond acceptors (Lipinski definition) is 6. The summed E-state index contributed by atoms with van der Waals surface area (Å²) in [5, 5.41) is 18.5. The van der Waals surface area contributed by atoms with Crippen molar-refractivity contribution in [1.82, 2.24) is 15.2 Å². The van der Waals surface area contributed by atoms with Crippen molar-refractivity contribution >= 4 is 29.1 Å². The zero-order valence-electron chi connectivity index (χ0n) is 13.3. The van der Waals surface area contributed by atoms with Crippen molar-refractivity contribution in [3.05, 3.63) is 43.6 Å². The fourth-order valence-corrected chi connectivity index (χ4v) is 2.74. The van der Waals surface area contributed by atoms with Crippen LogP contribution in [0.1, 0.15) is 23.2 Å². The van der Waals surface area contributed by atoms with Crippen molar-refractivity contribution in [1.29, 1.82) is 0 Å². The van der Waals surface area contributed by atoms with Gasteiger partial charge in [0.1, 0.15) is 11.4 Å². The lowest BCUT2D eigenvalue weighted by molar-refractivity contribution is -0.386. The van der Waals surface area contributed by atoms with Gasteiger partial charge in [-0.1, -0.05) is 6.92 Å². The number of hydrogen-bond donors (Lipinski definition) is 1. The summed E-state index contributed by atoms with van der Waals surface area (Å²) >= 11 is 0.914. The Bertz CT molecular complexity index is 798. The minimum atomic E-state index is -0.500. The highest BCUT2D eigenvalue weighted by Gasteiger charge is 2.24. The first-order chi connectivity index (χ1) is 11.3. The number of aromatic nitrogens is 2. The van der Waals surface area contributed by atoms with Crippen molar-refractivity contribution in [2.45, 2.75) is 27.3 Å². The highest BCUT2D eigenvalue weighted by molar-refractivity contribution is 7.12. The van der Waals surface area contributed by atoms with Crippen LogP contribution in [0.25, 0.3) is 0 Å². The van der Waals surface area contributed by atoms with Gasteiger partial charge in [-0.25, -0.2) is 5.43 Å². The third-order valence-electron chi connectivity index (χ3n) is 3.38. The molecule has 2 aromatic rings. The summed E-state index contributed by atoms with van der Waals surface area (Å²) in [6.45, 7) is 5.00. The summed E-state index contributed by atoms with van der Waals surface area (Å²) in [6, 6.07) is 2.86. The maximum absolute atomic E-state index is 12.8. The minimum Gasteiger partial charge on any atom is -0.273 e. The third kappa shape index (κ3) is 4.02. The van der Waals surface area contributed by atoms with Crippen LogP contribution in [0.15, 0.2) is 17.2 Å². The molecule has 0 fully saturated rings. The monoisotopic (exact) mass is 353 g/mol. The van der Waals surface area contributed by atoms with Crippen LogP contribution in [0.5, 0.6) is 0 Å². The van der Waals surface area contributed by atoms with E-state index in [1.165, 1.54) is 17.0 Å². The van der Waals surface area contributed by atoms with Crippen LogP contribution >= 0.6 is 11.3 Å². The number of halogens is 1. The van der Waals surface area contributed by atoms with Crippen molar-refractivity contribution in [2.24, 2.45) is 11.0 Å². The quantitative estimate of drug-likeness (QED) is 0.489. The Hall–Kier alpha value is -2.62. The number of nitrogens with one attached hydrogen (secondary N) is 1. The molecule has 2 rings (SSSR count). The molecule has 1 atom stereocenters. The number of nitro groups is 1. The lowest BCUT2D eigenvalue weighted by Crippen LogP contribution is -2.28. The average Bonchev–Trinajstić information content (AvgIpc) is 3.02. The molecule has 128 valence electrons. The van der Waals surface area contributed by atoms with Crippen LogP contribution < -0.4 is 5.43 Å². The molecule has 8 nitrogen and oxygen atoms in total. The molecule has 0 aliphatic rings. The molecule has 1 amide bonds. The van der Waals surface area contributed by atoms with Gasteiger partial charge in [-0.2, -0.15) is 14.6 Å². The molecule has 0 aliphatic carbocycles. The molecular weight excluding hydrogens is 337 g/mol. The van der Waals surface area contributed by atoms with E-state index in [9.17, 15) is 19.3 Å². The number of carbonyl (C=O) groups is 1. The van der Waals surface area contributed by atoms with Gasteiger partial charge in [0, 0.05) is 0 Å². The second-order valence-electron chi connectivity index (χ2n) is 5.24. The first-order valence-corrected chi connectivity index (χ1v) is 7.88. The van der Waals surface area contributed by atoms with Crippen LogP contribution in [0, 0.1) is 35.0 Å². The Morgan fingerprint density at radius 3 is 2.83 bits per heavy atom. The summed E-state index contributed by atoms with van der Waals surface area (Å²) in [7, 11) is 0. The number of rotatable bonds is 6. The standard InChI is InChI=1S/C14H16FN5O3S/c1-8(7-19-10(3)13(20(22)23)9(2)18-19)14(21)17-16-6-11-4-5-12(15)24-11/h4-6,8H,7H2,1-3H3,(H,17,21)/b16-6-/t8-/m1/s1. The van der Waals surface area contributed by atoms with E-state index in [0.717, 1.165) is 11.3 Å². The fraction of sp³-hybridized carbons (Fsp3) is 0.357.